The number of nitrogens with zero attached hydrogens (tertiary/aromatic N) is 1. The molecule has 0 fully saturated rings. The van der Waals surface area contributed by atoms with Crippen LogP contribution < -0.4 is 4.74 Å². The van der Waals surface area contributed by atoms with E-state index in [-0.39, 0.29) is 10.6 Å². The van der Waals surface area contributed by atoms with Crippen molar-refractivity contribution >= 4 is 23.7 Å². The molecule has 0 unspecified atom stereocenters. The molecule has 0 spiro atoms. The van der Waals surface area contributed by atoms with Gasteiger partial charge in [-0.1, -0.05) is 6.92 Å². The SMILES string of the molecule is CCc1nsc(OC(=O)O)c1C(=O)OC. The molecule has 0 bridgehead atoms. The molecule has 0 radical (unpaired) electrons. The Hall–Kier alpha value is -1.63. The monoisotopic (exact) mass is 231 g/mol. The summed E-state index contributed by atoms with van der Waals surface area (Å²) in [4.78, 5) is 21.7. The summed E-state index contributed by atoms with van der Waals surface area (Å²) < 4.78 is 12.8. The number of aromatic nitrogens is 1. The van der Waals surface area contributed by atoms with Gasteiger partial charge in [-0.05, 0) is 6.42 Å². The Morgan fingerprint density at radius 1 is 1.53 bits per heavy atom. The fourth-order valence-electron chi connectivity index (χ4n) is 0.999. The molecular formula is C8H9NO5S. The molecule has 1 aromatic heterocycles. The van der Waals surface area contributed by atoms with Crippen LogP contribution in [-0.4, -0.2) is 28.7 Å². The summed E-state index contributed by atoms with van der Waals surface area (Å²) in [6.45, 7) is 1.80. The topological polar surface area (TPSA) is 85.7 Å². The largest absolute Gasteiger partial charge is 0.512 e. The van der Waals surface area contributed by atoms with Crippen molar-refractivity contribution in [3.8, 4) is 5.06 Å². The number of carbonyl (C=O) groups excluding carboxylic acids is 1. The smallest absolute Gasteiger partial charge is 0.465 e. The van der Waals surface area contributed by atoms with Crippen molar-refractivity contribution in [2.75, 3.05) is 7.11 Å². The summed E-state index contributed by atoms with van der Waals surface area (Å²) in [6.07, 6.45) is -0.976. The maximum absolute atomic E-state index is 11.3. The lowest BCUT2D eigenvalue weighted by molar-refractivity contribution is 0.0596. The maximum atomic E-state index is 11.3. The molecule has 7 heteroatoms. The fraction of sp³-hybridized carbons (Fsp3) is 0.375. The predicted molar refractivity (Wildman–Crippen MR) is 51.5 cm³/mol. The lowest BCUT2D eigenvalue weighted by Crippen LogP contribution is -2.09. The summed E-state index contributed by atoms with van der Waals surface area (Å²) >= 11 is 0.819. The number of hydrogen-bond acceptors (Lipinski definition) is 6. The van der Waals surface area contributed by atoms with E-state index in [9.17, 15) is 9.59 Å². The average molecular weight is 231 g/mol. The van der Waals surface area contributed by atoms with Crippen molar-refractivity contribution in [3.05, 3.63) is 11.3 Å². The van der Waals surface area contributed by atoms with E-state index in [0.717, 1.165) is 11.5 Å². The first-order chi connectivity index (χ1) is 7.10. The molecule has 0 aliphatic rings. The van der Waals surface area contributed by atoms with Gasteiger partial charge in [0.15, 0.2) is 0 Å². The van der Waals surface area contributed by atoms with E-state index >= 15 is 0 Å². The quantitative estimate of drug-likeness (QED) is 0.794. The second-order valence-electron chi connectivity index (χ2n) is 2.50. The van der Waals surface area contributed by atoms with Crippen molar-refractivity contribution in [1.82, 2.24) is 4.37 Å². The Bertz CT molecular complexity index is 386. The third kappa shape index (κ3) is 2.44. The molecule has 0 atom stereocenters. The van der Waals surface area contributed by atoms with Gasteiger partial charge < -0.3 is 14.6 Å². The van der Waals surface area contributed by atoms with Crippen LogP contribution in [0.1, 0.15) is 23.0 Å². The lowest BCUT2D eigenvalue weighted by Gasteiger charge is -2.00. The fourth-order valence-corrected chi connectivity index (χ4v) is 1.81. The Balaban J connectivity index is 3.10. The summed E-state index contributed by atoms with van der Waals surface area (Å²) in [7, 11) is 1.21. The van der Waals surface area contributed by atoms with Crippen molar-refractivity contribution in [3.63, 3.8) is 0 Å². The Morgan fingerprint density at radius 2 is 2.20 bits per heavy atom. The van der Waals surface area contributed by atoms with E-state index in [1.807, 2.05) is 0 Å². The minimum absolute atomic E-state index is 0.0498. The highest BCUT2D eigenvalue weighted by molar-refractivity contribution is 7.08. The number of carboxylic acid groups (broad SMARTS) is 1. The van der Waals surface area contributed by atoms with Gasteiger partial charge >= 0.3 is 12.1 Å². The highest BCUT2D eigenvalue weighted by Crippen LogP contribution is 2.28. The molecule has 1 aromatic rings. The normalized spacial score (nSPS) is 9.73. The second-order valence-corrected chi connectivity index (χ2v) is 3.24. The lowest BCUT2D eigenvalue weighted by atomic mass is 10.2. The van der Waals surface area contributed by atoms with Crippen LogP contribution in [0, 0.1) is 0 Å². The van der Waals surface area contributed by atoms with Crippen LogP contribution in [0.3, 0.4) is 0 Å². The van der Waals surface area contributed by atoms with Gasteiger partial charge in [0.05, 0.1) is 12.8 Å². The number of rotatable bonds is 3. The molecule has 1 rings (SSSR count). The Kier molecular flexibility index (Phi) is 3.62. The van der Waals surface area contributed by atoms with Crippen molar-refractivity contribution in [2.24, 2.45) is 0 Å². The van der Waals surface area contributed by atoms with Gasteiger partial charge in [0, 0.05) is 11.5 Å². The van der Waals surface area contributed by atoms with Crippen LogP contribution in [-0.2, 0) is 11.2 Å². The molecule has 82 valence electrons. The number of hydrogen-bond donors (Lipinski definition) is 1. The minimum atomic E-state index is -1.48. The third-order valence-corrected chi connectivity index (χ3v) is 2.40. The van der Waals surface area contributed by atoms with Crippen LogP contribution in [0.2, 0.25) is 0 Å². The third-order valence-electron chi connectivity index (χ3n) is 1.64. The van der Waals surface area contributed by atoms with Crippen LogP contribution in [0.15, 0.2) is 0 Å². The van der Waals surface area contributed by atoms with Gasteiger partial charge in [0.2, 0.25) is 5.06 Å². The van der Waals surface area contributed by atoms with E-state index in [1.54, 1.807) is 6.92 Å². The first kappa shape index (κ1) is 11.4. The molecule has 1 N–H and O–H groups in total. The zero-order chi connectivity index (χ0) is 11.4. The van der Waals surface area contributed by atoms with E-state index in [2.05, 4.69) is 13.8 Å². The summed E-state index contributed by atoms with van der Waals surface area (Å²) in [5.74, 6) is -0.642. The molecule has 0 aromatic carbocycles. The van der Waals surface area contributed by atoms with E-state index in [4.69, 9.17) is 5.11 Å². The highest BCUT2D eigenvalue weighted by Gasteiger charge is 2.23. The van der Waals surface area contributed by atoms with Crippen molar-refractivity contribution in [1.29, 1.82) is 0 Å². The molecule has 15 heavy (non-hydrogen) atoms. The summed E-state index contributed by atoms with van der Waals surface area (Å²) in [5, 5.41) is 8.38. The van der Waals surface area contributed by atoms with E-state index in [1.165, 1.54) is 7.11 Å². The molecule has 1 heterocycles. The summed E-state index contributed by atoms with van der Waals surface area (Å²) in [5.41, 5.74) is 0.565. The molecule has 0 amide bonds. The second kappa shape index (κ2) is 4.74. The van der Waals surface area contributed by atoms with Gasteiger partial charge in [-0.25, -0.2) is 9.59 Å². The molecule has 0 aliphatic heterocycles. The minimum Gasteiger partial charge on any atom is -0.465 e. The molecule has 0 saturated heterocycles. The number of ether oxygens (including phenoxy) is 2. The number of methoxy groups -OCH3 is 1. The molecule has 0 saturated carbocycles. The zero-order valence-corrected chi connectivity index (χ0v) is 8.96. The maximum Gasteiger partial charge on any atom is 0.512 e. The Morgan fingerprint density at radius 3 is 2.67 bits per heavy atom. The van der Waals surface area contributed by atoms with Crippen LogP contribution >= 0.6 is 11.5 Å². The van der Waals surface area contributed by atoms with Gasteiger partial charge in [0.1, 0.15) is 5.56 Å². The van der Waals surface area contributed by atoms with Crippen LogP contribution in [0.4, 0.5) is 4.79 Å². The number of carbonyl (C=O) groups is 2. The number of aryl methyl sites for hydroxylation is 1. The molecule has 6 nitrogen and oxygen atoms in total. The van der Waals surface area contributed by atoms with Gasteiger partial charge in [0.25, 0.3) is 0 Å². The zero-order valence-electron chi connectivity index (χ0n) is 8.14. The standard InChI is InChI=1S/C8H9NO5S/c1-3-4-5(6(10)13-2)7(15-9-4)14-8(11)12/h3H2,1-2H3,(H,11,12). The highest BCUT2D eigenvalue weighted by atomic mass is 32.1. The molecular weight excluding hydrogens is 222 g/mol. The van der Waals surface area contributed by atoms with Crippen molar-refractivity contribution in [2.45, 2.75) is 13.3 Å². The van der Waals surface area contributed by atoms with Gasteiger partial charge in [-0.3, -0.25) is 0 Å². The van der Waals surface area contributed by atoms with Crippen molar-refractivity contribution < 1.29 is 24.2 Å². The van der Waals surface area contributed by atoms with Crippen LogP contribution in [0.25, 0.3) is 0 Å². The van der Waals surface area contributed by atoms with Gasteiger partial charge in [-0.15, -0.1) is 0 Å². The van der Waals surface area contributed by atoms with E-state index < -0.39 is 12.1 Å². The first-order valence-electron chi connectivity index (χ1n) is 4.07. The number of esters is 1. The Labute approximate surface area is 89.6 Å². The van der Waals surface area contributed by atoms with Gasteiger partial charge in [-0.2, -0.15) is 4.37 Å². The van der Waals surface area contributed by atoms with Crippen LogP contribution in [0.5, 0.6) is 5.06 Å². The molecule has 0 aliphatic carbocycles. The van der Waals surface area contributed by atoms with E-state index in [0.29, 0.717) is 12.1 Å². The predicted octanol–water partition coefficient (Wildman–Crippen LogP) is 1.55. The first-order valence-corrected chi connectivity index (χ1v) is 4.85. The summed E-state index contributed by atoms with van der Waals surface area (Å²) in [6, 6.07) is 0. The average Bonchev–Trinajstić information content (AvgIpc) is 2.58.